The van der Waals surface area contributed by atoms with E-state index in [1.54, 1.807) is 18.3 Å². The summed E-state index contributed by atoms with van der Waals surface area (Å²) in [4.78, 5) is 10.5. The first-order valence-corrected chi connectivity index (χ1v) is 6.58. The van der Waals surface area contributed by atoms with Gasteiger partial charge in [-0.2, -0.15) is 0 Å². The van der Waals surface area contributed by atoms with Crippen LogP contribution in [0.3, 0.4) is 0 Å². The highest BCUT2D eigenvalue weighted by atomic mass is 79.9. The molecule has 0 saturated carbocycles. The van der Waals surface area contributed by atoms with Gasteiger partial charge in [-0.15, -0.1) is 5.10 Å². The van der Waals surface area contributed by atoms with Gasteiger partial charge in [0.2, 0.25) is 0 Å². The van der Waals surface area contributed by atoms with Crippen LogP contribution in [0.15, 0.2) is 24.4 Å². The molecule has 100 valence electrons. The molecule has 0 amide bonds. The quantitative estimate of drug-likeness (QED) is 0.477. The average molecular weight is 327 g/mol. The molecule has 0 fully saturated rings. The van der Waals surface area contributed by atoms with Gasteiger partial charge in [-0.05, 0) is 12.1 Å². The van der Waals surface area contributed by atoms with E-state index in [9.17, 15) is 10.1 Å². The Morgan fingerprint density at radius 1 is 1.53 bits per heavy atom. The fourth-order valence-electron chi connectivity index (χ4n) is 1.60. The van der Waals surface area contributed by atoms with Gasteiger partial charge in [-0.1, -0.05) is 21.1 Å². The molecule has 0 radical (unpaired) electrons. The van der Waals surface area contributed by atoms with E-state index in [-0.39, 0.29) is 11.4 Å². The predicted molar refractivity (Wildman–Crippen MR) is 72.1 cm³/mol. The molecule has 2 rings (SSSR count). The molecule has 0 aliphatic heterocycles. The molecule has 8 heteroatoms. The predicted octanol–water partition coefficient (Wildman–Crippen LogP) is 2.12. The minimum atomic E-state index is -0.487. The molecular weight excluding hydrogens is 316 g/mol. The van der Waals surface area contributed by atoms with Crippen molar-refractivity contribution in [3.63, 3.8) is 0 Å². The maximum atomic E-state index is 10.9. The third-order valence-electron chi connectivity index (χ3n) is 2.52. The van der Waals surface area contributed by atoms with Crippen molar-refractivity contribution in [1.82, 2.24) is 15.0 Å². The number of nitrogens with zero attached hydrogens (tertiary/aromatic N) is 4. The number of ether oxygens (including phenoxy) is 1. The number of nitro groups is 1. The summed E-state index contributed by atoms with van der Waals surface area (Å²) in [6.07, 6.45) is 2.49. The second-order valence-electron chi connectivity index (χ2n) is 3.71. The van der Waals surface area contributed by atoms with Gasteiger partial charge in [0.05, 0.1) is 29.6 Å². The molecule has 0 unspecified atom stereocenters. The van der Waals surface area contributed by atoms with Crippen LogP contribution in [-0.4, -0.2) is 32.4 Å². The third-order valence-corrected chi connectivity index (χ3v) is 2.91. The molecule has 0 aliphatic carbocycles. The number of aromatic nitrogens is 3. The lowest BCUT2D eigenvalue weighted by atomic mass is 10.2. The first-order chi connectivity index (χ1) is 9.15. The Morgan fingerprint density at radius 3 is 2.95 bits per heavy atom. The van der Waals surface area contributed by atoms with Gasteiger partial charge < -0.3 is 4.74 Å². The summed E-state index contributed by atoms with van der Waals surface area (Å²) in [6.45, 7) is 0. The highest BCUT2D eigenvalue weighted by Crippen LogP contribution is 2.28. The summed E-state index contributed by atoms with van der Waals surface area (Å²) in [5.41, 5.74) is 1.29. The molecule has 0 bridgehead atoms. The Kier molecular flexibility index (Phi) is 4.10. The minimum Gasteiger partial charge on any atom is -0.490 e. The summed E-state index contributed by atoms with van der Waals surface area (Å²) < 4.78 is 6.45. The van der Waals surface area contributed by atoms with Crippen molar-refractivity contribution < 1.29 is 9.66 Å². The molecule has 1 heterocycles. The van der Waals surface area contributed by atoms with E-state index in [0.717, 1.165) is 17.4 Å². The summed E-state index contributed by atoms with van der Waals surface area (Å²) in [6, 6.07) is 4.64. The van der Waals surface area contributed by atoms with Gasteiger partial charge in [0, 0.05) is 17.8 Å². The van der Waals surface area contributed by atoms with Crippen molar-refractivity contribution in [2.75, 3.05) is 12.4 Å². The first kappa shape index (κ1) is 13.5. The summed E-state index contributed by atoms with van der Waals surface area (Å²) in [7, 11) is 1.39. The highest BCUT2D eigenvalue weighted by molar-refractivity contribution is 9.09. The van der Waals surface area contributed by atoms with Crippen molar-refractivity contribution in [1.29, 1.82) is 0 Å². The van der Waals surface area contributed by atoms with Crippen LogP contribution in [-0.2, 0) is 6.42 Å². The molecule has 0 aliphatic rings. The molecule has 19 heavy (non-hydrogen) atoms. The Hall–Kier alpha value is -1.96. The van der Waals surface area contributed by atoms with Crippen molar-refractivity contribution in [2.24, 2.45) is 0 Å². The SMILES string of the molecule is COc1ccc(-n2cc(CCBr)nn2)cc1[N+](=O)[O-]. The normalized spacial score (nSPS) is 10.4. The van der Waals surface area contributed by atoms with Crippen LogP contribution in [0.5, 0.6) is 5.75 Å². The maximum Gasteiger partial charge on any atom is 0.313 e. The molecule has 1 aromatic carbocycles. The standard InChI is InChI=1S/C11H11BrN4O3/c1-19-11-3-2-9(6-10(11)16(17)18)15-7-8(4-5-12)13-14-15/h2-3,6-7H,4-5H2,1H3. The monoisotopic (exact) mass is 326 g/mol. The molecule has 2 aromatic rings. The van der Waals surface area contributed by atoms with Crippen LogP contribution >= 0.6 is 15.9 Å². The number of halogens is 1. The maximum absolute atomic E-state index is 10.9. The number of rotatable bonds is 5. The molecule has 1 aromatic heterocycles. The fourth-order valence-corrected chi connectivity index (χ4v) is 2.01. The molecule has 0 spiro atoms. The van der Waals surface area contributed by atoms with E-state index in [0.29, 0.717) is 5.69 Å². The second kappa shape index (κ2) is 5.79. The first-order valence-electron chi connectivity index (χ1n) is 5.45. The Morgan fingerprint density at radius 2 is 2.32 bits per heavy atom. The number of nitro benzene ring substituents is 1. The molecule has 0 N–H and O–H groups in total. The van der Waals surface area contributed by atoms with Crippen LogP contribution in [0, 0.1) is 10.1 Å². The van der Waals surface area contributed by atoms with Gasteiger partial charge >= 0.3 is 5.69 Å². The second-order valence-corrected chi connectivity index (χ2v) is 4.50. The number of aryl methyl sites for hydroxylation is 1. The van der Waals surface area contributed by atoms with Crippen LogP contribution in [0.1, 0.15) is 5.69 Å². The molecule has 0 atom stereocenters. The van der Waals surface area contributed by atoms with Crippen molar-refractivity contribution in [3.8, 4) is 11.4 Å². The Labute approximate surface area is 117 Å². The summed E-state index contributed by atoms with van der Waals surface area (Å²) in [5.74, 6) is 0.217. The van der Waals surface area contributed by atoms with E-state index < -0.39 is 4.92 Å². The number of methoxy groups -OCH3 is 1. The summed E-state index contributed by atoms with van der Waals surface area (Å²) in [5, 5.41) is 19.7. The van der Waals surface area contributed by atoms with Crippen LogP contribution in [0.4, 0.5) is 5.69 Å². The van der Waals surface area contributed by atoms with Crippen molar-refractivity contribution >= 4 is 21.6 Å². The lowest BCUT2D eigenvalue weighted by Gasteiger charge is -2.04. The van der Waals surface area contributed by atoms with Crippen LogP contribution in [0.2, 0.25) is 0 Å². The Balaban J connectivity index is 2.39. The molecule has 7 nitrogen and oxygen atoms in total. The molecule has 0 saturated heterocycles. The van der Waals surface area contributed by atoms with E-state index >= 15 is 0 Å². The zero-order valence-corrected chi connectivity index (χ0v) is 11.7. The van der Waals surface area contributed by atoms with E-state index in [1.807, 2.05) is 0 Å². The number of hydrogen-bond acceptors (Lipinski definition) is 5. The van der Waals surface area contributed by atoms with Gasteiger partial charge in [0.25, 0.3) is 0 Å². The fraction of sp³-hybridized carbons (Fsp3) is 0.273. The topological polar surface area (TPSA) is 83.1 Å². The van der Waals surface area contributed by atoms with Gasteiger partial charge in [0.15, 0.2) is 5.75 Å². The van der Waals surface area contributed by atoms with Gasteiger partial charge in [-0.3, -0.25) is 10.1 Å². The summed E-state index contributed by atoms with van der Waals surface area (Å²) >= 11 is 3.32. The van der Waals surface area contributed by atoms with E-state index in [1.165, 1.54) is 17.9 Å². The zero-order valence-electron chi connectivity index (χ0n) is 10.1. The number of benzene rings is 1. The van der Waals surface area contributed by atoms with Gasteiger partial charge in [-0.25, -0.2) is 4.68 Å². The van der Waals surface area contributed by atoms with Crippen molar-refractivity contribution in [3.05, 3.63) is 40.2 Å². The largest absolute Gasteiger partial charge is 0.490 e. The van der Waals surface area contributed by atoms with E-state index in [2.05, 4.69) is 26.2 Å². The Bertz CT molecular complexity index is 599. The highest BCUT2D eigenvalue weighted by Gasteiger charge is 2.16. The van der Waals surface area contributed by atoms with Crippen molar-refractivity contribution in [2.45, 2.75) is 6.42 Å². The zero-order chi connectivity index (χ0) is 13.8. The minimum absolute atomic E-state index is 0.0995. The van der Waals surface area contributed by atoms with Gasteiger partial charge in [0.1, 0.15) is 0 Å². The molecular formula is C11H11BrN4O3. The smallest absolute Gasteiger partial charge is 0.313 e. The average Bonchev–Trinajstić information content (AvgIpc) is 2.87. The lowest BCUT2D eigenvalue weighted by Crippen LogP contribution is -1.99. The van der Waals surface area contributed by atoms with Crippen LogP contribution < -0.4 is 4.74 Å². The third kappa shape index (κ3) is 2.90. The number of alkyl halides is 1. The van der Waals surface area contributed by atoms with E-state index in [4.69, 9.17) is 4.74 Å². The lowest BCUT2D eigenvalue weighted by molar-refractivity contribution is -0.385. The van der Waals surface area contributed by atoms with Crippen LogP contribution in [0.25, 0.3) is 5.69 Å². The number of hydrogen-bond donors (Lipinski definition) is 0.